The van der Waals surface area contributed by atoms with E-state index in [1.165, 1.54) is 0 Å². The maximum Gasteiger partial charge on any atom is 0.148 e. The van der Waals surface area contributed by atoms with E-state index in [0.717, 1.165) is 95.0 Å². The number of hydrogen-bond donors (Lipinski definition) is 0. The van der Waals surface area contributed by atoms with Gasteiger partial charge in [0, 0.05) is 57.5 Å². The average molecular weight is 866 g/mol. The molecule has 67 heavy (non-hydrogen) atoms. The van der Waals surface area contributed by atoms with Gasteiger partial charge in [-0.1, -0.05) is 128 Å². The van der Waals surface area contributed by atoms with Crippen molar-refractivity contribution < 1.29 is 13.9 Å². The van der Waals surface area contributed by atoms with Crippen LogP contribution in [0.5, 0.6) is 17.2 Å². The first-order valence-corrected chi connectivity index (χ1v) is 22.2. The third-order valence-electron chi connectivity index (χ3n) is 12.6. The lowest BCUT2D eigenvalue weighted by atomic mass is 9.85. The first-order valence-electron chi connectivity index (χ1n) is 22.2. The molecule has 0 fully saturated rings. The van der Waals surface area contributed by atoms with Crippen molar-refractivity contribution in [2.24, 2.45) is 0 Å². The van der Waals surface area contributed by atoms with E-state index in [9.17, 15) is 0 Å². The molecule has 0 N–H and O–H groups in total. The molecule has 10 aromatic rings. The van der Waals surface area contributed by atoms with Crippen LogP contribution < -0.4 is 19.3 Å². The lowest BCUT2D eigenvalue weighted by Crippen LogP contribution is -2.15. The summed E-state index contributed by atoms with van der Waals surface area (Å²) in [5.41, 5.74) is 12.3. The summed E-state index contributed by atoms with van der Waals surface area (Å²) in [6, 6.07) is 70.4. The summed E-state index contributed by atoms with van der Waals surface area (Å²) in [6.07, 6.45) is 1.80. The van der Waals surface area contributed by atoms with E-state index in [2.05, 4.69) is 90.9 Å². The number of benzene rings is 9. The Kier molecular flexibility index (Phi) is 9.58. The monoisotopic (exact) mass is 865 g/mol. The van der Waals surface area contributed by atoms with Gasteiger partial charge in [-0.15, -0.1) is 0 Å². The Bertz CT molecular complexity index is 3580. The third-order valence-corrected chi connectivity index (χ3v) is 12.6. The van der Waals surface area contributed by atoms with Crippen molar-refractivity contribution in [3.8, 4) is 50.6 Å². The Hall–Kier alpha value is -9.00. The number of pyridine rings is 1. The predicted molar refractivity (Wildman–Crippen MR) is 272 cm³/mol. The lowest BCUT2D eigenvalue weighted by Gasteiger charge is -2.32. The molecule has 0 atom stereocenters. The number of ether oxygens (including phenoxy) is 2. The summed E-state index contributed by atoms with van der Waals surface area (Å²) in [5.74, 6) is 2.85. The van der Waals surface area contributed by atoms with Crippen LogP contribution in [-0.2, 0) is 0 Å². The summed E-state index contributed by atoms with van der Waals surface area (Å²) < 4.78 is 30.6. The highest BCUT2D eigenvalue weighted by molar-refractivity contribution is 6.00. The maximum absolute atomic E-state index is 17.2. The van der Waals surface area contributed by atoms with Crippen LogP contribution >= 0.6 is 0 Å². The van der Waals surface area contributed by atoms with Crippen molar-refractivity contribution in [1.82, 2.24) is 4.98 Å². The molecule has 0 amide bonds. The van der Waals surface area contributed by atoms with Crippen LogP contribution in [0.4, 0.5) is 38.6 Å². The van der Waals surface area contributed by atoms with Crippen molar-refractivity contribution in [1.29, 1.82) is 0 Å². The fraction of sp³-hybridized carbons (Fsp3) is 0. The molecular formula is C61H40FN3O2. The van der Waals surface area contributed by atoms with Gasteiger partial charge in [0.2, 0.25) is 0 Å². The Balaban J connectivity index is 0.932. The predicted octanol–water partition coefficient (Wildman–Crippen LogP) is 16.8. The smallest absolute Gasteiger partial charge is 0.148 e. The minimum absolute atomic E-state index is 0.354. The third kappa shape index (κ3) is 6.91. The minimum Gasteiger partial charge on any atom is -0.457 e. The zero-order valence-electron chi connectivity index (χ0n) is 36.2. The Morgan fingerprint density at radius 1 is 0.403 bits per heavy atom. The van der Waals surface area contributed by atoms with Gasteiger partial charge in [-0.05, 0) is 124 Å². The highest BCUT2D eigenvalue weighted by Gasteiger charge is 2.33. The second-order valence-corrected chi connectivity index (χ2v) is 16.6. The topological polar surface area (TPSA) is 37.8 Å². The number of halogens is 1. The zero-order valence-corrected chi connectivity index (χ0v) is 36.2. The molecule has 3 heterocycles. The van der Waals surface area contributed by atoms with Crippen molar-refractivity contribution in [3.05, 3.63) is 254 Å². The van der Waals surface area contributed by atoms with Crippen LogP contribution in [-0.4, -0.2) is 4.98 Å². The molecule has 0 saturated heterocycles. The Morgan fingerprint density at radius 3 is 1.76 bits per heavy atom. The molecule has 5 nitrogen and oxygen atoms in total. The Morgan fingerprint density at radius 2 is 1.01 bits per heavy atom. The van der Waals surface area contributed by atoms with Crippen molar-refractivity contribution >= 4 is 56.4 Å². The van der Waals surface area contributed by atoms with Crippen LogP contribution in [0.3, 0.4) is 0 Å². The van der Waals surface area contributed by atoms with Crippen LogP contribution in [0.15, 0.2) is 232 Å². The number of rotatable bonds is 8. The number of para-hydroxylation sites is 1. The summed E-state index contributed by atoms with van der Waals surface area (Å²) in [5, 5.41) is 2.30. The molecule has 2 aliphatic rings. The molecule has 0 unspecified atom stereocenters. The molecule has 9 aromatic carbocycles. The van der Waals surface area contributed by atoms with E-state index in [-0.39, 0.29) is 5.82 Å². The van der Waals surface area contributed by atoms with Gasteiger partial charge in [-0.2, -0.15) is 0 Å². The van der Waals surface area contributed by atoms with E-state index >= 15 is 4.39 Å². The summed E-state index contributed by atoms with van der Waals surface area (Å²) in [6.45, 7) is 9.12. The summed E-state index contributed by atoms with van der Waals surface area (Å²) >= 11 is 0. The summed E-state index contributed by atoms with van der Waals surface area (Å²) in [4.78, 5) is 8.86. The SMILES string of the molecule is C=C1c2ccc(N(c3ccccc3)c3c(F)cc(-c4ccccc4)cc3-c3ccccc3)cc2Oc2ccc3c(c21)C(=C)Oc1cc(N(c2ccc4ccccc4c2)c2ccccn2)ccc1-3. The first-order chi connectivity index (χ1) is 33.0. The lowest BCUT2D eigenvalue weighted by molar-refractivity contribution is 0.471. The number of anilines is 6. The fourth-order valence-electron chi connectivity index (χ4n) is 9.52. The first kappa shape index (κ1) is 39.6. The highest BCUT2D eigenvalue weighted by Crippen LogP contribution is 2.54. The van der Waals surface area contributed by atoms with E-state index in [1.54, 1.807) is 12.3 Å². The molecule has 6 heteroatoms. The van der Waals surface area contributed by atoms with Gasteiger partial charge in [0.1, 0.15) is 34.6 Å². The van der Waals surface area contributed by atoms with Gasteiger partial charge in [0.25, 0.3) is 0 Å². The zero-order chi connectivity index (χ0) is 45.0. The number of fused-ring (bicyclic) bond motifs is 7. The van der Waals surface area contributed by atoms with Gasteiger partial charge in [-0.25, -0.2) is 9.37 Å². The molecule has 0 spiro atoms. The minimum atomic E-state index is -0.354. The van der Waals surface area contributed by atoms with Gasteiger partial charge in [0.05, 0.1) is 17.1 Å². The van der Waals surface area contributed by atoms with Crippen LogP contribution in [0.1, 0.15) is 16.7 Å². The van der Waals surface area contributed by atoms with Crippen molar-refractivity contribution in [2.45, 2.75) is 0 Å². The fourth-order valence-corrected chi connectivity index (χ4v) is 9.52. The second-order valence-electron chi connectivity index (χ2n) is 16.6. The molecule has 0 bridgehead atoms. The largest absolute Gasteiger partial charge is 0.457 e. The molecule has 0 saturated carbocycles. The molecular weight excluding hydrogens is 826 g/mol. The van der Waals surface area contributed by atoms with Gasteiger partial charge in [0.15, 0.2) is 0 Å². The molecule has 2 aliphatic heterocycles. The van der Waals surface area contributed by atoms with Gasteiger partial charge in [-0.3, -0.25) is 4.90 Å². The van der Waals surface area contributed by atoms with Crippen molar-refractivity contribution in [3.63, 3.8) is 0 Å². The van der Waals surface area contributed by atoms with Crippen LogP contribution in [0, 0.1) is 5.82 Å². The average Bonchev–Trinajstić information content (AvgIpc) is 3.38. The molecule has 12 rings (SSSR count). The van der Waals surface area contributed by atoms with Crippen LogP contribution in [0.25, 0.3) is 55.5 Å². The summed E-state index contributed by atoms with van der Waals surface area (Å²) in [7, 11) is 0. The van der Waals surface area contributed by atoms with Gasteiger partial charge >= 0.3 is 0 Å². The Labute approximate surface area is 388 Å². The highest BCUT2D eigenvalue weighted by atomic mass is 19.1. The van der Waals surface area contributed by atoms with E-state index in [0.29, 0.717) is 28.7 Å². The van der Waals surface area contributed by atoms with Crippen molar-refractivity contribution in [2.75, 3.05) is 9.80 Å². The quantitative estimate of drug-likeness (QED) is 0.152. The second kappa shape index (κ2) is 16.2. The maximum atomic E-state index is 17.2. The van der Waals surface area contributed by atoms with E-state index < -0.39 is 0 Å². The van der Waals surface area contributed by atoms with Crippen LogP contribution in [0.2, 0.25) is 0 Å². The normalized spacial score (nSPS) is 12.3. The standard InChI is InChI=1S/C61H40FN3O2/c1-39-50-29-27-49(65(46-22-10-5-11-23-46)61-53(43-19-8-4-9-20-43)35-45(36-54(61)62)41-16-6-3-7-17-41)38-56(50)67-55-32-31-52-51-30-28-48(37-57(51)66-40(2)60(52)59(39)55)64(58-24-14-15-33-63-58)47-26-25-42-18-12-13-21-44(42)34-47/h3-38H,1-2H2. The number of nitrogens with zero attached hydrogens (tertiary/aromatic N) is 3. The molecule has 0 radical (unpaired) electrons. The molecule has 0 aliphatic carbocycles. The number of hydrogen-bond acceptors (Lipinski definition) is 5. The van der Waals surface area contributed by atoms with E-state index in [1.807, 2.05) is 138 Å². The van der Waals surface area contributed by atoms with E-state index in [4.69, 9.17) is 14.5 Å². The molecule has 318 valence electrons. The van der Waals surface area contributed by atoms with Gasteiger partial charge < -0.3 is 14.4 Å². The molecule has 1 aromatic heterocycles. The number of aromatic nitrogens is 1.